The second-order valence-electron chi connectivity index (χ2n) is 5.51. The zero-order valence-corrected chi connectivity index (χ0v) is 15.4. The third-order valence-electron chi connectivity index (χ3n) is 3.75. The molecule has 0 spiro atoms. The number of hydrogen-bond acceptors (Lipinski definition) is 6. The van der Waals surface area contributed by atoms with E-state index >= 15 is 0 Å². The van der Waals surface area contributed by atoms with Crippen LogP contribution >= 0.6 is 11.8 Å². The minimum absolute atomic E-state index is 0.0562. The van der Waals surface area contributed by atoms with Crippen molar-refractivity contribution in [3.8, 4) is 17.1 Å². The minimum atomic E-state index is -0.0562. The summed E-state index contributed by atoms with van der Waals surface area (Å²) in [7, 11) is 3.51. The molecule has 7 nitrogen and oxygen atoms in total. The van der Waals surface area contributed by atoms with Crippen molar-refractivity contribution in [3.05, 3.63) is 54.4 Å². The number of nitrogens with one attached hydrogen (secondary N) is 1. The quantitative estimate of drug-likeness (QED) is 0.644. The topological polar surface area (TPSA) is 81.9 Å². The minimum Gasteiger partial charge on any atom is -0.497 e. The molecule has 3 rings (SSSR count). The average molecular weight is 369 g/mol. The molecule has 1 N–H and O–H groups in total. The van der Waals surface area contributed by atoms with Crippen LogP contribution in [0.1, 0.15) is 5.56 Å². The normalized spacial score (nSPS) is 10.5. The summed E-state index contributed by atoms with van der Waals surface area (Å²) in [5, 5.41) is 11.9. The standard InChI is InChI=1S/C18H19N5O2S/c1-23-17(14-7-9-19-10-8-14)21-22-18(23)26-12-16(24)20-11-13-3-5-15(25-2)6-4-13/h3-10H,11-12H2,1-2H3,(H,20,24). The van der Waals surface area contributed by atoms with Crippen molar-refractivity contribution in [1.82, 2.24) is 25.1 Å². The lowest BCUT2D eigenvalue weighted by Crippen LogP contribution is -2.24. The highest BCUT2D eigenvalue weighted by molar-refractivity contribution is 7.99. The van der Waals surface area contributed by atoms with Gasteiger partial charge in [-0.15, -0.1) is 10.2 Å². The van der Waals surface area contributed by atoms with Crippen molar-refractivity contribution in [2.75, 3.05) is 12.9 Å². The van der Waals surface area contributed by atoms with Crippen LogP contribution in [0.15, 0.2) is 53.9 Å². The van der Waals surface area contributed by atoms with Crippen molar-refractivity contribution in [2.45, 2.75) is 11.7 Å². The van der Waals surface area contributed by atoms with Gasteiger partial charge in [-0.05, 0) is 29.8 Å². The SMILES string of the molecule is COc1ccc(CNC(=O)CSc2nnc(-c3ccncc3)n2C)cc1. The Kier molecular flexibility index (Phi) is 5.85. The molecule has 0 radical (unpaired) electrons. The van der Waals surface area contributed by atoms with Crippen LogP contribution in [0.2, 0.25) is 0 Å². The zero-order chi connectivity index (χ0) is 18.4. The maximum Gasteiger partial charge on any atom is 0.230 e. The van der Waals surface area contributed by atoms with Gasteiger partial charge >= 0.3 is 0 Å². The van der Waals surface area contributed by atoms with Crippen molar-refractivity contribution >= 4 is 17.7 Å². The number of ether oxygens (including phenoxy) is 1. The monoisotopic (exact) mass is 369 g/mol. The van der Waals surface area contributed by atoms with E-state index in [-0.39, 0.29) is 11.7 Å². The molecule has 0 unspecified atom stereocenters. The molecule has 1 aromatic carbocycles. The Morgan fingerprint density at radius 2 is 1.88 bits per heavy atom. The Labute approximate surface area is 155 Å². The Morgan fingerprint density at radius 1 is 1.15 bits per heavy atom. The highest BCUT2D eigenvalue weighted by Crippen LogP contribution is 2.21. The van der Waals surface area contributed by atoms with E-state index in [1.54, 1.807) is 19.5 Å². The summed E-state index contributed by atoms with van der Waals surface area (Å²) in [6, 6.07) is 11.3. The van der Waals surface area contributed by atoms with E-state index in [2.05, 4.69) is 20.5 Å². The van der Waals surface area contributed by atoms with Crippen LogP contribution in [-0.2, 0) is 18.4 Å². The molecular formula is C18H19N5O2S. The van der Waals surface area contributed by atoms with Gasteiger partial charge in [-0.3, -0.25) is 9.78 Å². The van der Waals surface area contributed by atoms with Gasteiger partial charge in [-0.2, -0.15) is 0 Å². The van der Waals surface area contributed by atoms with Gasteiger partial charge in [0.15, 0.2) is 11.0 Å². The van der Waals surface area contributed by atoms with Gasteiger partial charge in [-0.1, -0.05) is 23.9 Å². The third-order valence-corrected chi connectivity index (χ3v) is 4.77. The first-order chi connectivity index (χ1) is 12.7. The largest absolute Gasteiger partial charge is 0.497 e. The van der Waals surface area contributed by atoms with Crippen molar-refractivity contribution in [1.29, 1.82) is 0 Å². The van der Waals surface area contributed by atoms with Gasteiger partial charge < -0.3 is 14.6 Å². The van der Waals surface area contributed by atoms with Gasteiger partial charge in [0.05, 0.1) is 12.9 Å². The fraction of sp³-hybridized carbons (Fsp3) is 0.222. The number of hydrogen-bond donors (Lipinski definition) is 1. The highest BCUT2D eigenvalue weighted by Gasteiger charge is 2.12. The number of aromatic nitrogens is 4. The van der Waals surface area contributed by atoms with Gasteiger partial charge in [0.25, 0.3) is 0 Å². The number of rotatable bonds is 7. The van der Waals surface area contributed by atoms with E-state index in [1.807, 2.05) is 48.0 Å². The number of carbonyl (C=O) groups is 1. The lowest BCUT2D eigenvalue weighted by molar-refractivity contribution is -0.118. The Morgan fingerprint density at radius 3 is 2.58 bits per heavy atom. The molecule has 3 aromatic rings. The number of amides is 1. The Hall–Kier alpha value is -2.87. The second-order valence-corrected chi connectivity index (χ2v) is 6.46. The summed E-state index contributed by atoms with van der Waals surface area (Å²) < 4.78 is 6.99. The Balaban J connectivity index is 1.52. The molecule has 0 aliphatic heterocycles. The molecular weight excluding hydrogens is 350 g/mol. The predicted octanol–water partition coefficient (Wildman–Crippen LogP) is 2.29. The lowest BCUT2D eigenvalue weighted by Gasteiger charge is -2.06. The van der Waals surface area contributed by atoms with Gasteiger partial charge in [0.1, 0.15) is 5.75 Å². The first-order valence-electron chi connectivity index (χ1n) is 7.99. The molecule has 0 fully saturated rings. The summed E-state index contributed by atoms with van der Waals surface area (Å²) in [6.07, 6.45) is 3.42. The van der Waals surface area contributed by atoms with Crippen LogP contribution in [-0.4, -0.2) is 38.5 Å². The van der Waals surface area contributed by atoms with Crippen LogP contribution in [0, 0.1) is 0 Å². The van der Waals surface area contributed by atoms with Crippen molar-refractivity contribution < 1.29 is 9.53 Å². The molecule has 26 heavy (non-hydrogen) atoms. The molecule has 0 saturated heterocycles. The molecule has 134 valence electrons. The second kappa shape index (κ2) is 8.48. The smallest absolute Gasteiger partial charge is 0.230 e. The van der Waals surface area contributed by atoms with Gasteiger partial charge in [0.2, 0.25) is 5.91 Å². The van der Waals surface area contributed by atoms with Crippen LogP contribution in [0.5, 0.6) is 5.75 Å². The van der Waals surface area contributed by atoms with Crippen LogP contribution < -0.4 is 10.1 Å². The molecule has 0 aliphatic carbocycles. The first kappa shape index (κ1) is 17.9. The summed E-state index contributed by atoms with van der Waals surface area (Å²) >= 11 is 1.35. The van der Waals surface area contributed by atoms with E-state index in [0.717, 1.165) is 22.7 Å². The number of pyridine rings is 1. The fourth-order valence-electron chi connectivity index (χ4n) is 2.32. The Bertz CT molecular complexity index is 865. The van der Waals surface area contributed by atoms with Gasteiger partial charge in [0, 0.05) is 31.5 Å². The molecule has 8 heteroatoms. The highest BCUT2D eigenvalue weighted by atomic mass is 32.2. The van der Waals surface area contributed by atoms with Crippen molar-refractivity contribution in [2.24, 2.45) is 7.05 Å². The maximum absolute atomic E-state index is 12.1. The molecule has 2 heterocycles. The molecule has 2 aromatic heterocycles. The summed E-state index contributed by atoms with van der Waals surface area (Å²) in [6.45, 7) is 0.477. The van der Waals surface area contributed by atoms with E-state index in [4.69, 9.17) is 4.74 Å². The summed E-state index contributed by atoms with van der Waals surface area (Å²) in [4.78, 5) is 16.1. The number of nitrogens with zero attached hydrogens (tertiary/aromatic N) is 4. The fourth-order valence-corrected chi connectivity index (χ4v) is 3.06. The van der Waals surface area contributed by atoms with Gasteiger partial charge in [-0.25, -0.2) is 0 Å². The number of thioether (sulfide) groups is 1. The third kappa shape index (κ3) is 4.40. The molecule has 0 atom stereocenters. The average Bonchev–Trinajstić information content (AvgIpc) is 3.06. The lowest BCUT2D eigenvalue weighted by atomic mass is 10.2. The van der Waals surface area contributed by atoms with E-state index in [9.17, 15) is 4.79 Å². The van der Waals surface area contributed by atoms with E-state index in [0.29, 0.717) is 11.7 Å². The molecule has 1 amide bonds. The molecule has 0 bridgehead atoms. The number of carbonyl (C=O) groups excluding carboxylic acids is 1. The van der Waals surface area contributed by atoms with E-state index < -0.39 is 0 Å². The molecule has 0 aliphatic rings. The first-order valence-corrected chi connectivity index (χ1v) is 8.98. The summed E-state index contributed by atoms with van der Waals surface area (Å²) in [5.74, 6) is 1.76. The predicted molar refractivity (Wildman–Crippen MR) is 99.8 cm³/mol. The van der Waals surface area contributed by atoms with Crippen LogP contribution in [0.3, 0.4) is 0 Å². The summed E-state index contributed by atoms with van der Waals surface area (Å²) in [5.41, 5.74) is 1.95. The van der Waals surface area contributed by atoms with E-state index in [1.165, 1.54) is 11.8 Å². The maximum atomic E-state index is 12.1. The van der Waals surface area contributed by atoms with Crippen LogP contribution in [0.4, 0.5) is 0 Å². The number of benzene rings is 1. The number of methoxy groups -OCH3 is 1. The molecule has 0 saturated carbocycles. The van der Waals surface area contributed by atoms with Crippen molar-refractivity contribution in [3.63, 3.8) is 0 Å². The zero-order valence-electron chi connectivity index (χ0n) is 14.5. The van der Waals surface area contributed by atoms with Crippen LogP contribution in [0.25, 0.3) is 11.4 Å².